The molecule has 0 spiro atoms. The molecule has 0 rings (SSSR count). The van der Waals surface area contributed by atoms with E-state index in [2.05, 4.69) is 183 Å². The number of rotatable bonds is 49. The quantitative estimate of drug-likeness (QED) is 0.0439. The van der Waals surface area contributed by atoms with Crippen molar-refractivity contribution in [2.24, 2.45) is 0 Å². The lowest BCUT2D eigenvalue weighted by atomic mass is 10.0. The second kappa shape index (κ2) is 36.0. The van der Waals surface area contributed by atoms with Crippen molar-refractivity contribution < 1.29 is 62.1 Å². The van der Waals surface area contributed by atoms with Crippen LogP contribution in [0.2, 0.25) is 207 Å². The van der Waals surface area contributed by atoms with Crippen LogP contribution in [0.25, 0.3) is 0 Å². The number of hydrogen-bond acceptors (Lipinski definition) is 14. The monoisotopic (exact) mass is 1340 g/mol. The summed E-state index contributed by atoms with van der Waals surface area (Å²) >= 11 is 0. The highest BCUT2D eigenvalue weighted by Gasteiger charge is 2.44. The van der Waals surface area contributed by atoms with Crippen LogP contribution in [0.1, 0.15) is 77.0 Å². The molecule has 0 aliphatic heterocycles. The minimum absolute atomic E-state index is 0.257. The van der Waals surface area contributed by atoms with E-state index < -0.39 is 125 Å². The van der Waals surface area contributed by atoms with Gasteiger partial charge in [-0.3, -0.25) is 0 Å². The van der Waals surface area contributed by atoms with Gasteiger partial charge >= 0.3 is 34.2 Å². The normalized spacial score (nSPS) is 16.1. The Morgan fingerprint density at radius 3 is 0.537 bits per heavy atom. The third-order valence-electron chi connectivity index (χ3n) is 12.0. The summed E-state index contributed by atoms with van der Waals surface area (Å²) in [5, 5.41) is 22.5. The van der Waals surface area contributed by atoms with Gasteiger partial charge in [0.05, 0.1) is 13.2 Å². The van der Waals surface area contributed by atoms with Gasteiger partial charge in [0.15, 0.2) is 66.5 Å². The summed E-state index contributed by atoms with van der Waals surface area (Å²) in [4.78, 5) is 0. The average molecular weight is 1340 g/mol. The van der Waals surface area contributed by atoms with Gasteiger partial charge in [0.1, 0.15) is 24.4 Å². The zero-order chi connectivity index (χ0) is 62.4. The molecule has 0 unspecified atom stereocenters. The maximum Gasteiger partial charge on any atom is 0.314 e. The molecule has 0 bridgehead atoms. The molecule has 482 valence electrons. The minimum Gasteiger partial charge on any atom is -0.437 e. The fourth-order valence-corrected chi connectivity index (χ4v) is 61.3. The highest BCUT2D eigenvalue weighted by molar-refractivity contribution is 6.90. The molecule has 0 aromatic heterocycles. The predicted molar refractivity (Wildman–Crippen MR) is 370 cm³/mol. The topological polar surface area (TPSA) is 151 Å². The summed E-state index contributed by atoms with van der Waals surface area (Å²) in [6, 6.07) is 3.75. The molecular weight excluding hydrogens is 1210 g/mol. The fourth-order valence-electron chi connectivity index (χ4n) is 10.8. The van der Waals surface area contributed by atoms with Crippen molar-refractivity contribution in [3.05, 3.63) is 0 Å². The van der Waals surface area contributed by atoms with Crippen molar-refractivity contribution in [1.29, 1.82) is 0 Å². The third kappa shape index (κ3) is 44.5. The molecule has 0 aromatic rings. The van der Waals surface area contributed by atoms with Crippen LogP contribution in [0.5, 0.6) is 0 Å². The largest absolute Gasteiger partial charge is 0.437 e. The first-order valence-electron chi connectivity index (χ1n) is 31.2. The van der Waals surface area contributed by atoms with Crippen molar-refractivity contribution in [1.82, 2.24) is 0 Å². The Balaban J connectivity index is 6.81. The van der Waals surface area contributed by atoms with E-state index >= 15 is 0 Å². The van der Waals surface area contributed by atoms with E-state index in [9.17, 15) is 10.2 Å². The van der Waals surface area contributed by atoms with Gasteiger partial charge in [0, 0.05) is 26.4 Å². The van der Waals surface area contributed by atoms with E-state index in [-0.39, 0.29) is 13.2 Å². The van der Waals surface area contributed by atoms with Gasteiger partial charge in [-0.25, -0.2) is 0 Å². The molecule has 14 nitrogen and oxygen atoms in total. The second-order valence-corrected chi connectivity index (χ2v) is 82.7. The molecule has 0 saturated carbocycles. The first-order valence-corrected chi connectivity index (χ1v) is 68.6. The summed E-state index contributed by atoms with van der Waals surface area (Å²) in [6.07, 6.45) is 8.20. The molecule has 80 heavy (non-hydrogen) atoms. The molecule has 0 aromatic carbocycles. The molecule has 2 N–H and O–H groups in total. The first-order chi connectivity index (χ1) is 35.9. The lowest BCUT2D eigenvalue weighted by molar-refractivity contribution is -0.192. The lowest BCUT2D eigenvalue weighted by Crippen LogP contribution is -2.52. The Morgan fingerprint density at radius 2 is 0.388 bits per heavy atom. The zero-order valence-electron chi connectivity index (χ0n) is 57.7. The van der Waals surface area contributed by atoms with E-state index in [0.717, 1.165) is 101 Å². The highest BCUT2D eigenvalue weighted by atomic mass is 28.5. The summed E-state index contributed by atoms with van der Waals surface area (Å²) in [5.74, 6) is 0. The van der Waals surface area contributed by atoms with E-state index in [0.29, 0.717) is 26.4 Å². The van der Waals surface area contributed by atoms with Crippen molar-refractivity contribution in [3.8, 4) is 0 Å². The molecule has 0 fully saturated rings. The smallest absolute Gasteiger partial charge is 0.314 e. The number of aliphatic hydroxyl groups excluding tert-OH is 2. The third-order valence-corrected chi connectivity index (χ3v) is 50.4. The molecule has 26 heteroatoms. The van der Waals surface area contributed by atoms with Crippen LogP contribution in [0.4, 0.5) is 0 Å². The summed E-state index contributed by atoms with van der Waals surface area (Å²) < 4.78 is 81.8. The molecule has 0 aliphatic rings. The molecule has 0 saturated heterocycles. The first kappa shape index (κ1) is 82.0. The summed E-state index contributed by atoms with van der Waals surface area (Å²) in [5.41, 5.74) is 0. The van der Waals surface area contributed by atoms with Crippen LogP contribution in [0, 0.1) is 0 Å². The molecule has 0 heterocycles. The molecule has 0 aliphatic carbocycles. The zero-order valence-corrected chi connectivity index (χ0v) is 69.7. The maximum absolute atomic E-state index is 11.3. The molecule has 4 atom stereocenters. The SMILES string of the molecule is C[Si](C)(C)O[Si](C)(CCCCCO[C@H]([C@H](OCCCCC[Si](C)(O[Si](C)(C)C)O[Si](C)(C)C)[C@@H](CO)OCCCCC[Si](C)(O[Si](C)(C)C)O[Si](C)(C)C)[C@H](CO)OCCCCC[Si](C)(O[Si](C)(C)C)O[Si](C)(C)C)O[Si](C)(C)C. The number of ether oxygens (including phenoxy) is 4. The Labute approximate surface area is 508 Å². The lowest BCUT2D eigenvalue weighted by Gasteiger charge is -2.39. The Morgan fingerprint density at radius 1 is 0.225 bits per heavy atom. The minimum atomic E-state index is -2.39. The molecule has 0 radical (unpaired) electrons. The van der Waals surface area contributed by atoms with Crippen molar-refractivity contribution in [2.45, 2.75) is 309 Å². The summed E-state index contributed by atoms with van der Waals surface area (Å²) in [6.45, 7) is 64.4. The van der Waals surface area contributed by atoms with E-state index in [1.807, 2.05) is 0 Å². The van der Waals surface area contributed by atoms with Gasteiger partial charge in [-0.2, -0.15) is 0 Å². The molecular formula is C54H134O14Si12. The van der Waals surface area contributed by atoms with Gasteiger partial charge < -0.3 is 62.1 Å². The fraction of sp³-hybridized carbons (Fsp3) is 1.00. The Kier molecular flexibility index (Phi) is 37.0. The highest BCUT2D eigenvalue weighted by Crippen LogP contribution is 2.31. The number of aliphatic hydroxyl groups is 2. The van der Waals surface area contributed by atoms with Crippen LogP contribution in [0.3, 0.4) is 0 Å². The van der Waals surface area contributed by atoms with Crippen molar-refractivity contribution in [2.75, 3.05) is 39.6 Å². The Hall–Kier alpha value is 2.04. The standard InChI is InChI=1S/C54H134O14Si12/c1-69(2,3)61-77(25,62-70(4,5)6)45-37-29-33-41-57-51(49-55)53(59-43-35-31-39-47-79(27,65-73(13,14)15)66-74(16,17)18)54(60-44-36-32-40-48-80(28,67-75(19,20)21)68-76(22,23)24)52(50-56)58-42-34-30-38-46-78(26,63-71(7,8)9)64-72(10,11)12/h51-56H,29-50H2,1-28H3/t51-,52+,53-,54+. The van der Waals surface area contributed by atoms with Gasteiger partial charge in [-0.05, 0) is 233 Å². The number of unbranched alkanes of at least 4 members (excludes halogenated alkanes) is 8. The van der Waals surface area contributed by atoms with Crippen molar-refractivity contribution >= 4 is 101 Å². The van der Waals surface area contributed by atoms with Crippen LogP contribution >= 0.6 is 0 Å². The van der Waals surface area contributed by atoms with Gasteiger partial charge in [-0.1, -0.05) is 51.4 Å². The number of hydrogen-bond donors (Lipinski definition) is 2. The molecule has 0 amide bonds. The van der Waals surface area contributed by atoms with E-state index in [4.69, 9.17) is 51.9 Å². The van der Waals surface area contributed by atoms with Crippen LogP contribution in [-0.4, -0.2) is 175 Å². The average Bonchev–Trinajstić information content (AvgIpc) is 3.18. The van der Waals surface area contributed by atoms with E-state index in [1.165, 1.54) is 0 Å². The van der Waals surface area contributed by atoms with Crippen LogP contribution in [-0.2, 0) is 51.9 Å². The van der Waals surface area contributed by atoms with Gasteiger partial charge in [0.25, 0.3) is 0 Å². The van der Waals surface area contributed by atoms with Gasteiger partial charge in [0.2, 0.25) is 0 Å². The van der Waals surface area contributed by atoms with Crippen LogP contribution in [0.15, 0.2) is 0 Å². The Bertz CT molecular complexity index is 1460. The van der Waals surface area contributed by atoms with Crippen molar-refractivity contribution in [3.63, 3.8) is 0 Å². The maximum atomic E-state index is 11.3. The second-order valence-electron chi connectivity index (χ2n) is 31.3. The van der Waals surface area contributed by atoms with Crippen LogP contribution < -0.4 is 0 Å². The predicted octanol–water partition coefficient (Wildman–Crippen LogP) is 16.3. The summed E-state index contributed by atoms with van der Waals surface area (Å²) in [7, 11) is -24.1. The van der Waals surface area contributed by atoms with E-state index in [1.54, 1.807) is 0 Å². The van der Waals surface area contributed by atoms with Gasteiger partial charge in [-0.15, -0.1) is 0 Å².